The van der Waals surface area contributed by atoms with E-state index in [9.17, 15) is 19.8 Å². The second-order valence-electron chi connectivity index (χ2n) is 2.75. The van der Waals surface area contributed by atoms with Gasteiger partial charge in [0.2, 0.25) is 0 Å². The lowest BCUT2D eigenvalue weighted by molar-refractivity contribution is -0.186. The lowest BCUT2D eigenvalue weighted by atomic mass is 9.94. The number of aliphatic hydroxyl groups excluding tert-OH is 1. The molecule has 2 aliphatic heterocycles. The van der Waals surface area contributed by atoms with Crippen molar-refractivity contribution in [1.29, 1.82) is 0 Å². The standard InChI is InChI=1S/C6H6O6/c7-3-2-1-11-4(8)6(3,10)5(9)12-2/h2-3,7,10H,1H2/t2?,3-,6-/m1/s1. The van der Waals surface area contributed by atoms with E-state index in [1.807, 2.05) is 0 Å². The van der Waals surface area contributed by atoms with Gasteiger partial charge in [-0.05, 0) is 0 Å². The summed E-state index contributed by atoms with van der Waals surface area (Å²) in [7, 11) is 0. The van der Waals surface area contributed by atoms with E-state index in [4.69, 9.17) is 0 Å². The van der Waals surface area contributed by atoms with Crippen LogP contribution < -0.4 is 0 Å². The summed E-state index contributed by atoms with van der Waals surface area (Å²) in [5, 5.41) is 18.5. The summed E-state index contributed by atoms with van der Waals surface area (Å²) in [5.41, 5.74) is -2.50. The molecule has 6 heteroatoms. The average Bonchev–Trinajstić information content (AvgIpc) is 2.17. The molecule has 2 N–H and O–H groups in total. The quantitative estimate of drug-likeness (QED) is 0.313. The number of hydrogen-bond donors (Lipinski definition) is 2. The molecule has 3 atom stereocenters. The van der Waals surface area contributed by atoms with E-state index in [2.05, 4.69) is 9.47 Å². The second-order valence-corrected chi connectivity index (χ2v) is 2.75. The van der Waals surface area contributed by atoms with Crippen molar-refractivity contribution < 1.29 is 29.3 Å². The topological polar surface area (TPSA) is 93.1 Å². The molecule has 66 valence electrons. The van der Waals surface area contributed by atoms with E-state index < -0.39 is 29.7 Å². The largest absolute Gasteiger partial charge is 0.459 e. The molecule has 2 rings (SSSR count). The Hall–Kier alpha value is -1.14. The molecule has 12 heavy (non-hydrogen) atoms. The first kappa shape index (κ1) is 7.51. The SMILES string of the molecule is O=C1OCC2OC(=O)[C@@]1(O)[C@@H]2O. The van der Waals surface area contributed by atoms with Crippen LogP contribution in [0.2, 0.25) is 0 Å². The third-order valence-corrected chi connectivity index (χ3v) is 2.04. The van der Waals surface area contributed by atoms with Gasteiger partial charge in [-0.1, -0.05) is 0 Å². The number of aliphatic hydroxyl groups is 2. The minimum absolute atomic E-state index is 0.200. The van der Waals surface area contributed by atoms with Gasteiger partial charge in [0.15, 0.2) is 6.10 Å². The van der Waals surface area contributed by atoms with Crippen LogP contribution in [0.25, 0.3) is 0 Å². The molecule has 2 saturated heterocycles. The number of fused-ring (bicyclic) bond motifs is 2. The molecule has 0 aromatic rings. The van der Waals surface area contributed by atoms with Crippen molar-refractivity contribution in [3.05, 3.63) is 0 Å². The molecule has 0 aromatic carbocycles. The first-order valence-corrected chi connectivity index (χ1v) is 3.35. The highest BCUT2D eigenvalue weighted by Crippen LogP contribution is 2.31. The molecule has 0 spiro atoms. The predicted octanol–water partition coefficient (Wildman–Crippen LogP) is -2.44. The Morgan fingerprint density at radius 2 is 2.08 bits per heavy atom. The number of hydrogen-bond acceptors (Lipinski definition) is 6. The first-order valence-electron chi connectivity index (χ1n) is 3.35. The molecule has 0 saturated carbocycles. The molecular weight excluding hydrogens is 168 g/mol. The summed E-state index contributed by atoms with van der Waals surface area (Å²) < 4.78 is 8.90. The molecule has 2 aliphatic rings. The van der Waals surface area contributed by atoms with Crippen LogP contribution >= 0.6 is 0 Å². The molecule has 0 radical (unpaired) electrons. The zero-order chi connectivity index (χ0) is 8.93. The Morgan fingerprint density at radius 3 is 2.67 bits per heavy atom. The van der Waals surface area contributed by atoms with Gasteiger partial charge in [-0.15, -0.1) is 0 Å². The Bertz CT molecular complexity index is 251. The Balaban J connectivity index is 2.45. The highest BCUT2D eigenvalue weighted by atomic mass is 16.6. The van der Waals surface area contributed by atoms with Gasteiger partial charge in [0.1, 0.15) is 12.7 Å². The lowest BCUT2D eigenvalue weighted by Gasteiger charge is -2.25. The Labute approximate surface area is 66.7 Å². The van der Waals surface area contributed by atoms with Crippen LogP contribution in [-0.4, -0.2) is 46.6 Å². The Kier molecular flexibility index (Phi) is 1.23. The zero-order valence-corrected chi connectivity index (χ0v) is 5.89. The highest BCUT2D eigenvalue weighted by molar-refractivity contribution is 6.06. The number of ether oxygens (including phenoxy) is 2. The predicted molar refractivity (Wildman–Crippen MR) is 31.8 cm³/mol. The average molecular weight is 174 g/mol. The first-order chi connectivity index (χ1) is 5.56. The number of carbonyl (C=O) groups is 2. The second kappa shape index (κ2) is 1.96. The smallest absolute Gasteiger partial charge is 0.353 e. The third-order valence-electron chi connectivity index (χ3n) is 2.04. The van der Waals surface area contributed by atoms with E-state index >= 15 is 0 Å². The Morgan fingerprint density at radius 1 is 1.42 bits per heavy atom. The summed E-state index contributed by atoms with van der Waals surface area (Å²) in [4.78, 5) is 21.7. The van der Waals surface area contributed by atoms with Crippen LogP contribution in [0.1, 0.15) is 0 Å². The van der Waals surface area contributed by atoms with E-state index in [-0.39, 0.29) is 6.61 Å². The maximum atomic E-state index is 10.9. The summed E-state index contributed by atoms with van der Waals surface area (Å²) in [5.74, 6) is -2.28. The van der Waals surface area contributed by atoms with E-state index in [0.717, 1.165) is 0 Å². The van der Waals surface area contributed by atoms with Crippen molar-refractivity contribution in [2.75, 3.05) is 6.61 Å². The van der Waals surface area contributed by atoms with Crippen molar-refractivity contribution in [3.63, 3.8) is 0 Å². The maximum absolute atomic E-state index is 10.9. The van der Waals surface area contributed by atoms with E-state index in [1.165, 1.54) is 0 Å². The van der Waals surface area contributed by atoms with Crippen LogP contribution in [0, 0.1) is 0 Å². The fraction of sp³-hybridized carbons (Fsp3) is 0.667. The van der Waals surface area contributed by atoms with Gasteiger partial charge in [0, 0.05) is 0 Å². The van der Waals surface area contributed by atoms with E-state index in [0.29, 0.717) is 0 Å². The molecule has 0 aromatic heterocycles. The fourth-order valence-corrected chi connectivity index (χ4v) is 1.28. The van der Waals surface area contributed by atoms with Gasteiger partial charge in [0.25, 0.3) is 5.60 Å². The van der Waals surface area contributed by atoms with Crippen LogP contribution in [0.5, 0.6) is 0 Å². The van der Waals surface area contributed by atoms with Gasteiger partial charge in [-0.3, -0.25) is 0 Å². The fourth-order valence-electron chi connectivity index (χ4n) is 1.28. The zero-order valence-electron chi connectivity index (χ0n) is 5.89. The van der Waals surface area contributed by atoms with Gasteiger partial charge < -0.3 is 19.7 Å². The minimum atomic E-state index is -2.50. The molecule has 0 amide bonds. The molecule has 2 fully saturated rings. The number of esters is 2. The van der Waals surface area contributed by atoms with E-state index in [1.54, 1.807) is 0 Å². The lowest BCUT2D eigenvalue weighted by Crippen LogP contribution is -2.57. The molecule has 6 nitrogen and oxygen atoms in total. The monoisotopic (exact) mass is 174 g/mol. The van der Waals surface area contributed by atoms with Gasteiger partial charge in [-0.25, -0.2) is 9.59 Å². The normalized spacial score (nSPS) is 45.5. The van der Waals surface area contributed by atoms with Crippen LogP contribution in [0.3, 0.4) is 0 Å². The van der Waals surface area contributed by atoms with Crippen molar-refractivity contribution >= 4 is 11.9 Å². The summed E-state index contributed by atoms with van der Waals surface area (Å²) in [6.45, 7) is -0.200. The molecule has 2 heterocycles. The third kappa shape index (κ3) is 0.614. The molecular formula is C6H6O6. The van der Waals surface area contributed by atoms with Crippen LogP contribution in [0.15, 0.2) is 0 Å². The number of cyclic esters (lactones) is 1. The number of carbonyl (C=O) groups excluding carboxylic acids is 2. The molecule has 2 bridgehead atoms. The summed E-state index contributed by atoms with van der Waals surface area (Å²) in [6, 6.07) is 0. The molecule has 0 aliphatic carbocycles. The van der Waals surface area contributed by atoms with Gasteiger partial charge in [0.05, 0.1) is 0 Å². The van der Waals surface area contributed by atoms with Crippen LogP contribution in [0.4, 0.5) is 0 Å². The minimum Gasteiger partial charge on any atom is -0.459 e. The van der Waals surface area contributed by atoms with Crippen LogP contribution in [-0.2, 0) is 19.1 Å². The number of rotatable bonds is 0. The van der Waals surface area contributed by atoms with Crippen molar-refractivity contribution in [1.82, 2.24) is 0 Å². The summed E-state index contributed by atoms with van der Waals surface area (Å²) >= 11 is 0. The highest BCUT2D eigenvalue weighted by Gasteiger charge is 2.66. The van der Waals surface area contributed by atoms with Crippen molar-refractivity contribution in [3.8, 4) is 0 Å². The summed E-state index contributed by atoms with van der Waals surface area (Å²) in [6.07, 6.45) is -2.44. The molecule has 1 unspecified atom stereocenters. The van der Waals surface area contributed by atoms with Crippen molar-refractivity contribution in [2.24, 2.45) is 0 Å². The van der Waals surface area contributed by atoms with Gasteiger partial charge >= 0.3 is 11.9 Å². The van der Waals surface area contributed by atoms with Crippen molar-refractivity contribution in [2.45, 2.75) is 17.8 Å². The maximum Gasteiger partial charge on any atom is 0.353 e. The van der Waals surface area contributed by atoms with Gasteiger partial charge in [-0.2, -0.15) is 0 Å².